The van der Waals surface area contributed by atoms with Crippen molar-refractivity contribution in [2.75, 3.05) is 13.6 Å². The molecule has 0 heterocycles. The third-order valence-corrected chi connectivity index (χ3v) is 7.21. The molecular formula is C31H39F7N2O2. The van der Waals surface area contributed by atoms with Gasteiger partial charge < -0.3 is 10.6 Å². The van der Waals surface area contributed by atoms with E-state index in [-0.39, 0.29) is 16.9 Å². The Morgan fingerprint density at radius 1 is 1.12 bits per heavy atom. The normalized spacial score (nSPS) is 19.9. The molecule has 2 saturated carbocycles. The number of benzene rings is 2. The third kappa shape index (κ3) is 11.2. The van der Waals surface area contributed by atoms with Crippen molar-refractivity contribution in [3.05, 3.63) is 72.6 Å². The number of nitrogens with one attached hydrogen (secondary N) is 2. The zero-order valence-electron chi connectivity index (χ0n) is 24.3. The van der Waals surface area contributed by atoms with Crippen molar-refractivity contribution in [2.45, 2.75) is 64.8 Å². The standard InChI is InChI=1S/C22H24F3N.C5H9F2NO.C2H2F2O.C2H4/c1-13-12-22(6-7-22)21(26-2)19(13)10-14-4-3-5-18(20(14)25)15-8-16(23)11-17(24)9-15;1-4(9)8-3-5(2,6)7;3-2(4)1-5;1-2/h3-5,8-9,11,13,19,21,26H,6-7,10,12H2,1-2H3;3H2,1-2H3,(H,8,9);1-2H;1-2H2. The van der Waals surface area contributed by atoms with Crippen molar-refractivity contribution in [2.24, 2.45) is 17.3 Å². The molecule has 0 aliphatic heterocycles. The summed E-state index contributed by atoms with van der Waals surface area (Å²) in [7, 11) is 2.00. The summed E-state index contributed by atoms with van der Waals surface area (Å²) >= 11 is 0. The van der Waals surface area contributed by atoms with E-state index in [2.05, 4.69) is 25.4 Å². The van der Waals surface area contributed by atoms with E-state index in [0.717, 1.165) is 13.0 Å². The van der Waals surface area contributed by atoms with Crippen LogP contribution in [-0.2, 0) is 16.0 Å². The van der Waals surface area contributed by atoms with Crippen molar-refractivity contribution in [3.63, 3.8) is 0 Å². The van der Waals surface area contributed by atoms with E-state index in [1.165, 1.54) is 38.3 Å². The first-order valence-corrected chi connectivity index (χ1v) is 13.4. The van der Waals surface area contributed by atoms with Gasteiger partial charge in [0.05, 0.1) is 6.54 Å². The van der Waals surface area contributed by atoms with Gasteiger partial charge >= 0.3 is 0 Å². The van der Waals surface area contributed by atoms with Crippen molar-refractivity contribution < 1.29 is 40.3 Å². The molecule has 2 aliphatic carbocycles. The minimum Gasteiger partial charge on any atom is -0.350 e. The largest absolute Gasteiger partial charge is 0.350 e. The molecule has 42 heavy (non-hydrogen) atoms. The molecule has 2 aliphatic rings. The van der Waals surface area contributed by atoms with Crippen LogP contribution >= 0.6 is 0 Å². The summed E-state index contributed by atoms with van der Waals surface area (Å²) in [5.41, 5.74) is 1.53. The quantitative estimate of drug-likeness (QED) is 0.197. The summed E-state index contributed by atoms with van der Waals surface area (Å²) in [5.74, 6) is -4.08. The zero-order valence-corrected chi connectivity index (χ0v) is 24.3. The maximum atomic E-state index is 15.2. The highest BCUT2D eigenvalue weighted by Gasteiger charge is 2.57. The molecule has 3 atom stereocenters. The molecule has 3 unspecified atom stereocenters. The number of rotatable bonds is 7. The molecular weight excluding hydrogens is 565 g/mol. The van der Waals surface area contributed by atoms with Gasteiger partial charge in [-0.3, -0.25) is 9.59 Å². The predicted molar refractivity (Wildman–Crippen MR) is 150 cm³/mol. The first-order chi connectivity index (χ1) is 19.6. The average Bonchev–Trinajstić information content (AvgIpc) is 3.63. The van der Waals surface area contributed by atoms with Crippen LogP contribution in [0.2, 0.25) is 0 Å². The lowest BCUT2D eigenvalue weighted by molar-refractivity contribution is -0.120. The summed E-state index contributed by atoms with van der Waals surface area (Å²) in [4.78, 5) is 18.8. The topological polar surface area (TPSA) is 58.2 Å². The van der Waals surface area contributed by atoms with Crippen LogP contribution in [-0.4, -0.2) is 44.2 Å². The molecule has 2 N–H and O–H groups in total. The Morgan fingerprint density at radius 2 is 1.67 bits per heavy atom. The molecule has 1 amide bonds. The second-order valence-electron chi connectivity index (χ2n) is 10.6. The minimum atomic E-state index is -2.80. The van der Waals surface area contributed by atoms with E-state index in [9.17, 15) is 31.1 Å². The Hall–Kier alpha value is -3.21. The molecule has 0 aromatic heterocycles. The van der Waals surface area contributed by atoms with Gasteiger partial charge in [-0.2, -0.15) is 0 Å². The molecule has 0 saturated heterocycles. The number of carbonyl (C=O) groups excluding carboxylic acids is 2. The number of alkyl halides is 4. The highest BCUT2D eigenvalue weighted by molar-refractivity contribution is 5.72. The molecule has 0 radical (unpaired) electrons. The second-order valence-corrected chi connectivity index (χ2v) is 10.6. The van der Waals surface area contributed by atoms with Crippen LogP contribution in [0.4, 0.5) is 30.7 Å². The van der Waals surface area contributed by atoms with E-state index >= 15 is 4.39 Å². The fraction of sp³-hybridized carbons (Fsp3) is 0.484. The second kappa shape index (κ2) is 16.4. The third-order valence-electron chi connectivity index (χ3n) is 7.21. The highest BCUT2D eigenvalue weighted by atomic mass is 19.3. The number of hydrogen-bond donors (Lipinski definition) is 2. The maximum absolute atomic E-state index is 15.2. The number of aldehydes is 1. The van der Waals surface area contributed by atoms with Crippen LogP contribution < -0.4 is 10.6 Å². The molecule has 4 nitrogen and oxygen atoms in total. The predicted octanol–water partition coefficient (Wildman–Crippen LogP) is 7.37. The molecule has 2 aromatic carbocycles. The Balaban J connectivity index is 0.000000459. The maximum Gasteiger partial charge on any atom is 0.293 e. The lowest BCUT2D eigenvalue weighted by atomic mass is 9.86. The smallest absolute Gasteiger partial charge is 0.293 e. The van der Waals surface area contributed by atoms with Crippen LogP contribution in [0.5, 0.6) is 0 Å². The number of hydrogen-bond acceptors (Lipinski definition) is 3. The first-order valence-electron chi connectivity index (χ1n) is 13.4. The van der Waals surface area contributed by atoms with Gasteiger partial charge in [0.15, 0.2) is 6.29 Å². The van der Waals surface area contributed by atoms with Crippen LogP contribution in [0, 0.1) is 34.7 Å². The van der Waals surface area contributed by atoms with E-state index < -0.39 is 42.7 Å². The number of halogens is 7. The summed E-state index contributed by atoms with van der Waals surface area (Å²) in [6, 6.07) is 8.73. The first kappa shape index (κ1) is 36.8. The van der Waals surface area contributed by atoms with Gasteiger partial charge in [-0.25, -0.2) is 30.7 Å². The minimum absolute atomic E-state index is 0.241. The van der Waals surface area contributed by atoms with Gasteiger partial charge in [-0.05, 0) is 73.2 Å². The molecule has 234 valence electrons. The van der Waals surface area contributed by atoms with Crippen LogP contribution in [0.15, 0.2) is 49.6 Å². The van der Waals surface area contributed by atoms with E-state index in [1.807, 2.05) is 12.4 Å². The summed E-state index contributed by atoms with van der Waals surface area (Å²) in [6.45, 7) is 9.63. The SMILES string of the molecule is C=C.CC(=O)NCC(C)(F)F.CNC1C(Cc2cccc(-c3cc(F)cc(F)c3)c2F)C(C)CC12CC2.O=CC(F)F. The van der Waals surface area contributed by atoms with E-state index in [4.69, 9.17) is 4.79 Å². The molecule has 1 spiro atoms. The van der Waals surface area contributed by atoms with Gasteiger partial charge in [0.2, 0.25) is 5.91 Å². The van der Waals surface area contributed by atoms with E-state index in [1.54, 1.807) is 18.2 Å². The average molecular weight is 605 g/mol. The van der Waals surface area contributed by atoms with E-state index in [0.29, 0.717) is 35.3 Å². The van der Waals surface area contributed by atoms with Crippen LogP contribution in [0.1, 0.15) is 45.6 Å². The van der Waals surface area contributed by atoms with Crippen molar-refractivity contribution in [1.82, 2.24) is 10.6 Å². The van der Waals surface area contributed by atoms with Crippen molar-refractivity contribution in [3.8, 4) is 11.1 Å². The molecule has 0 bridgehead atoms. The van der Waals surface area contributed by atoms with Gasteiger partial charge in [0.1, 0.15) is 17.5 Å². The Bertz CT molecular complexity index is 1150. The van der Waals surface area contributed by atoms with Crippen LogP contribution in [0.25, 0.3) is 11.1 Å². The summed E-state index contributed by atoms with van der Waals surface area (Å²) in [5, 5.41) is 5.47. The summed E-state index contributed by atoms with van der Waals surface area (Å²) in [6.07, 6.45) is 1.13. The lowest BCUT2D eigenvalue weighted by Crippen LogP contribution is -2.37. The fourth-order valence-corrected chi connectivity index (χ4v) is 5.42. The summed E-state index contributed by atoms with van der Waals surface area (Å²) < 4.78 is 86.8. The molecule has 4 rings (SSSR count). The number of carbonyl (C=O) groups is 2. The van der Waals surface area contributed by atoms with Gasteiger partial charge in [-0.15, -0.1) is 13.2 Å². The Labute approximate surface area is 242 Å². The van der Waals surface area contributed by atoms with Gasteiger partial charge in [-0.1, -0.05) is 25.1 Å². The van der Waals surface area contributed by atoms with Crippen molar-refractivity contribution >= 4 is 12.2 Å². The monoisotopic (exact) mass is 604 g/mol. The van der Waals surface area contributed by atoms with Crippen molar-refractivity contribution in [1.29, 1.82) is 0 Å². The molecule has 11 heteroatoms. The lowest BCUT2D eigenvalue weighted by Gasteiger charge is -2.26. The van der Waals surface area contributed by atoms with Gasteiger partial charge in [0.25, 0.3) is 12.3 Å². The van der Waals surface area contributed by atoms with Crippen LogP contribution in [0.3, 0.4) is 0 Å². The molecule has 2 aromatic rings. The van der Waals surface area contributed by atoms with Gasteiger partial charge in [0, 0.05) is 31.5 Å². The Morgan fingerprint density at radius 3 is 2.07 bits per heavy atom. The fourth-order valence-electron chi connectivity index (χ4n) is 5.42. The number of amides is 1. The molecule has 2 fully saturated rings. The highest BCUT2D eigenvalue weighted by Crippen LogP contribution is 2.61. The zero-order chi connectivity index (χ0) is 32.3. The Kier molecular flexibility index (Phi) is 14.4.